The number of aryl methyl sites for hydroxylation is 2. The van der Waals surface area contributed by atoms with Gasteiger partial charge in [-0.2, -0.15) is 0 Å². The van der Waals surface area contributed by atoms with Crippen LogP contribution < -0.4 is 0 Å². The van der Waals surface area contributed by atoms with Gasteiger partial charge in [-0.3, -0.25) is 15.0 Å². The molecule has 3 nitrogen and oxygen atoms in total. The van der Waals surface area contributed by atoms with E-state index in [1.165, 1.54) is 22.5 Å². The van der Waals surface area contributed by atoms with Crippen LogP contribution in [0.15, 0.2) is 61.1 Å². The zero-order valence-corrected chi connectivity index (χ0v) is 19.3. The molecule has 0 N–H and O–H groups in total. The van der Waals surface area contributed by atoms with Crippen molar-refractivity contribution in [2.75, 3.05) is 0 Å². The van der Waals surface area contributed by atoms with Gasteiger partial charge in [0.15, 0.2) is 0 Å². The highest BCUT2D eigenvalue weighted by Gasteiger charge is 1.98. The first-order valence-corrected chi connectivity index (χ1v) is 10.5. The second-order valence-electron chi connectivity index (χ2n) is 8.24. The van der Waals surface area contributed by atoms with E-state index >= 15 is 0 Å². The fourth-order valence-electron chi connectivity index (χ4n) is 2.41. The van der Waals surface area contributed by atoms with E-state index in [0.717, 1.165) is 5.69 Å². The highest BCUT2D eigenvalue weighted by molar-refractivity contribution is 5.16. The maximum Gasteiger partial charge on any atom is 0.0431 e. The van der Waals surface area contributed by atoms with E-state index in [1.54, 1.807) is 0 Å². The van der Waals surface area contributed by atoms with Crippen molar-refractivity contribution >= 4 is 0 Å². The van der Waals surface area contributed by atoms with Crippen molar-refractivity contribution in [3.8, 4) is 0 Å². The fourth-order valence-corrected chi connectivity index (χ4v) is 2.41. The monoisotopic (exact) mass is 391 g/mol. The Bertz CT molecular complexity index is 807. The molecule has 3 aromatic rings. The van der Waals surface area contributed by atoms with Crippen molar-refractivity contribution in [1.29, 1.82) is 0 Å². The summed E-state index contributed by atoms with van der Waals surface area (Å²) in [4.78, 5) is 12.7. The smallest absolute Gasteiger partial charge is 0.0431 e. The summed E-state index contributed by atoms with van der Waals surface area (Å²) < 4.78 is 0. The van der Waals surface area contributed by atoms with Crippen LogP contribution in [0.1, 0.15) is 87.5 Å². The summed E-state index contributed by atoms with van der Waals surface area (Å²) in [5, 5.41) is 0. The molecule has 29 heavy (non-hydrogen) atoms. The summed E-state index contributed by atoms with van der Waals surface area (Å²) in [6.45, 7) is 17.0. The molecular weight excluding hydrogens is 354 g/mol. The minimum Gasteiger partial charge on any atom is -0.261 e. The van der Waals surface area contributed by atoms with E-state index in [4.69, 9.17) is 0 Å². The van der Waals surface area contributed by atoms with Crippen LogP contribution in [0.4, 0.5) is 0 Å². The van der Waals surface area contributed by atoms with E-state index in [1.807, 2.05) is 42.9 Å². The molecule has 0 fully saturated rings. The normalized spacial score (nSPS) is 10.3. The van der Waals surface area contributed by atoms with Crippen molar-refractivity contribution in [3.05, 3.63) is 89.3 Å². The molecular formula is C26H37N3. The first-order valence-electron chi connectivity index (χ1n) is 10.5. The standard InChI is InChI=1S/2C9H13N.C8H11N/c1-7(2)9-6-8(3)4-5-10-9;1-7(2)9-5-4-8(3)6-10-9;1-7(2)8-5-3-4-6-9-8/h2*4-7H,1-3H3;3-7H,1-2H3. The largest absolute Gasteiger partial charge is 0.261 e. The molecule has 0 amide bonds. The Balaban J connectivity index is 0.000000218. The third-order valence-electron chi connectivity index (χ3n) is 4.33. The number of rotatable bonds is 3. The first-order chi connectivity index (χ1) is 13.7. The molecule has 3 rings (SSSR count). The minimum atomic E-state index is 0.542. The number of pyridine rings is 3. The van der Waals surface area contributed by atoms with Crippen LogP contribution in [0, 0.1) is 13.8 Å². The van der Waals surface area contributed by atoms with Gasteiger partial charge in [-0.1, -0.05) is 53.7 Å². The predicted molar refractivity (Wildman–Crippen MR) is 124 cm³/mol. The quantitative estimate of drug-likeness (QED) is 0.472. The van der Waals surface area contributed by atoms with Crippen LogP contribution in [0.2, 0.25) is 0 Å². The van der Waals surface area contributed by atoms with Crippen molar-refractivity contribution in [3.63, 3.8) is 0 Å². The van der Waals surface area contributed by atoms with Gasteiger partial charge >= 0.3 is 0 Å². The minimum absolute atomic E-state index is 0.542. The summed E-state index contributed by atoms with van der Waals surface area (Å²) in [5.74, 6) is 1.63. The summed E-state index contributed by atoms with van der Waals surface area (Å²) in [5.41, 5.74) is 6.03. The van der Waals surface area contributed by atoms with Crippen LogP contribution in [0.25, 0.3) is 0 Å². The highest BCUT2D eigenvalue weighted by Crippen LogP contribution is 2.11. The van der Waals surface area contributed by atoms with Crippen LogP contribution in [0.3, 0.4) is 0 Å². The van der Waals surface area contributed by atoms with Gasteiger partial charge in [0.2, 0.25) is 0 Å². The summed E-state index contributed by atoms with van der Waals surface area (Å²) in [6.07, 6.45) is 5.61. The van der Waals surface area contributed by atoms with Crippen molar-refractivity contribution in [1.82, 2.24) is 15.0 Å². The molecule has 0 aliphatic heterocycles. The Kier molecular flexibility index (Phi) is 10.8. The van der Waals surface area contributed by atoms with Gasteiger partial charge in [0.25, 0.3) is 0 Å². The Hall–Kier alpha value is -2.55. The number of aromatic nitrogens is 3. The van der Waals surface area contributed by atoms with Gasteiger partial charge in [-0.15, -0.1) is 0 Å². The van der Waals surface area contributed by atoms with Gasteiger partial charge in [0, 0.05) is 35.7 Å². The lowest BCUT2D eigenvalue weighted by Crippen LogP contribution is -1.91. The van der Waals surface area contributed by atoms with Gasteiger partial charge in [-0.25, -0.2) is 0 Å². The third kappa shape index (κ3) is 9.98. The van der Waals surface area contributed by atoms with Gasteiger partial charge in [-0.05, 0) is 73.1 Å². The topological polar surface area (TPSA) is 38.7 Å². The van der Waals surface area contributed by atoms with Gasteiger partial charge in [0.1, 0.15) is 0 Å². The van der Waals surface area contributed by atoms with Crippen molar-refractivity contribution < 1.29 is 0 Å². The molecule has 0 aliphatic rings. The Morgan fingerprint density at radius 3 is 1.52 bits per heavy atom. The molecule has 3 heteroatoms. The maximum absolute atomic E-state index is 4.28. The van der Waals surface area contributed by atoms with Crippen LogP contribution in [-0.2, 0) is 0 Å². The van der Waals surface area contributed by atoms with Crippen LogP contribution in [0.5, 0.6) is 0 Å². The third-order valence-corrected chi connectivity index (χ3v) is 4.33. The van der Waals surface area contributed by atoms with Crippen molar-refractivity contribution in [2.45, 2.75) is 73.1 Å². The lowest BCUT2D eigenvalue weighted by molar-refractivity contribution is 0.820. The van der Waals surface area contributed by atoms with E-state index < -0.39 is 0 Å². The molecule has 0 radical (unpaired) electrons. The van der Waals surface area contributed by atoms with E-state index in [2.05, 4.69) is 88.5 Å². The molecule has 0 aliphatic carbocycles. The highest BCUT2D eigenvalue weighted by atomic mass is 14.7. The molecule has 3 aromatic heterocycles. The lowest BCUT2D eigenvalue weighted by atomic mass is 10.1. The fraction of sp³-hybridized carbons (Fsp3) is 0.423. The van der Waals surface area contributed by atoms with E-state index in [-0.39, 0.29) is 0 Å². The maximum atomic E-state index is 4.28. The summed E-state index contributed by atoms with van der Waals surface area (Å²) >= 11 is 0. The number of nitrogens with zero attached hydrogens (tertiary/aromatic N) is 3. The van der Waals surface area contributed by atoms with Gasteiger partial charge in [0.05, 0.1) is 0 Å². The average molecular weight is 392 g/mol. The van der Waals surface area contributed by atoms with E-state index in [0.29, 0.717) is 17.8 Å². The zero-order valence-electron chi connectivity index (χ0n) is 19.3. The Morgan fingerprint density at radius 2 is 1.14 bits per heavy atom. The molecule has 0 unspecified atom stereocenters. The number of hydrogen-bond donors (Lipinski definition) is 0. The molecule has 0 saturated carbocycles. The second kappa shape index (κ2) is 12.8. The average Bonchev–Trinajstić information content (AvgIpc) is 2.70. The predicted octanol–water partition coefficient (Wildman–Crippen LogP) is 7.23. The van der Waals surface area contributed by atoms with Crippen LogP contribution >= 0.6 is 0 Å². The lowest BCUT2D eigenvalue weighted by Gasteiger charge is -2.03. The molecule has 0 atom stereocenters. The van der Waals surface area contributed by atoms with Gasteiger partial charge < -0.3 is 0 Å². The first kappa shape index (κ1) is 24.5. The van der Waals surface area contributed by atoms with E-state index in [9.17, 15) is 0 Å². The zero-order chi connectivity index (χ0) is 21.8. The molecule has 0 aromatic carbocycles. The van der Waals surface area contributed by atoms with Crippen LogP contribution in [-0.4, -0.2) is 15.0 Å². The molecule has 156 valence electrons. The SMILES string of the molecule is CC(C)c1ccccn1.Cc1ccc(C(C)C)nc1.Cc1ccnc(C(C)C)c1. The van der Waals surface area contributed by atoms with Crippen molar-refractivity contribution in [2.24, 2.45) is 0 Å². The molecule has 3 heterocycles. The summed E-state index contributed by atoms with van der Waals surface area (Å²) in [6, 6.07) is 14.3. The molecule has 0 spiro atoms. The number of hydrogen-bond acceptors (Lipinski definition) is 3. The molecule has 0 saturated heterocycles. The molecule has 0 bridgehead atoms. The Labute approximate surface area is 177 Å². The summed E-state index contributed by atoms with van der Waals surface area (Å²) in [7, 11) is 0. The Morgan fingerprint density at radius 1 is 0.552 bits per heavy atom. The second-order valence-corrected chi connectivity index (χ2v) is 8.24.